The smallest absolute Gasteiger partial charge is 0.338 e. The van der Waals surface area contributed by atoms with Gasteiger partial charge in [0.05, 0.1) is 12.2 Å². The van der Waals surface area contributed by atoms with Crippen LogP contribution in [0.1, 0.15) is 23.7 Å². The Labute approximate surface area is 122 Å². The lowest BCUT2D eigenvalue weighted by Crippen LogP contribution is -2.36. The van der Waals surface area contributed by atoms with E-state index in [2.05, 4.69) is 10.6 Å². The first kappa shape index (κ1) is 16.6. The zero-order chi connectivity index (χ0) is 15.7. The van der Waals surface area contributed by atoms with Gasteiger partial charge in [-0.25, -0.2) is 4.79 Å². The second kappa shape index (κ2) is 8.70. The number of amides is 2. The van der Waals surface area contributed by atoms with E-state index >= 15 is 0 Å². The van der Waals surface area contributed by atoms with Gasteiger partial charge in [-0.2, -0.15) is 0 Å². The minimum absolute atomic E-state index is 0.0583. The minimum Gasteiger partial charge on any atom is -0.462 e. The van der Waals surface area contributed by atoms with Crippen LogP contribution in [0.2, 0.25) is 0 Å². The number of carbonyl (C=O) groups excluding carboxylic acids is 3. The van der Waals surface area contributed by atoms with E-state index < -0.39 is 17.8 Å². The summed E-state index contributed by atoms with van der Waals surface area (Å²) in [6.45, 7) is 2.16. The number of carbonyl (C=O) groups is 3. The predicted molar refractivity (Wildman–Crippen MR) is 75.7 cm³/mol. The minimum atomic E-state index is -0.808. The van der Waals surface area contributed by atoms with Gasteiger partial charge in [0.15, 0.2) is 0 Å². The molecule has 0 aliphatic carbocycles. The summed E-state index contributed by atoms with van der Waals surface area (Å²) in [6.07, 6.45) is 0.382. The molecule has 1 rings (SSSR count). The van der Waals surface area contributed by atoms with E-state index in [1.165, 1.54) is 24.3 Å². The van der Waals surface area contributed by atoms with Gasteiger partial charge in [-0.3, -0.25) is 9.59 Å². The van der Waals surface area contributed by atoms with E-state index in [4.69, 9.17) is 9.84 Å². The maximum atomic E-state index is 11.6. The van der Waals surface area contributed by atoms with Crippen LogP contribution in [-0.2, 0) is 14.3 Å². The zero-order valence-corrected chi connectivity index (χ0v) is 11.7. The van der Waals surface area contributed by atoms with E-state index in [0.29, 0.717) is 17.7 Å². The van der Waals surface area contributed by atoms with Crippen molar-refractivity contribution in [3.05, 3.63) is 29.8 Å². The molecule has 0 aliphatic rings. The second-order valence-corrected chi connectivity index (χ2v) is 4.09. The molecule has 21 heavy (non-hydrogen) atoms. The Morgan fingerprint density at radius 2 is 1.81 bits per heavy atom. The first-order chi connectivity index (χ1) is 10.1. The van der Waals surface area contributed by atoms with Gasteiger partial charge >= 0.3 is 17.8 Å². The first-order valence-corrected chi connectivity index (χ1v) is 6.55. The molecule has 0 bridgehead atoms. The summed E-state index contributed by atoms with van der Waals surface area (Å²) < 4.78 is 4.83. The van der Waals surface area contributed by atoms with Gasteiger partial charge in [0, 0.05) is 18.8 Å². The number of esters is 1. The molecule has 0 heterocycles. The lowest BCUT2D eigenvalue weighted by atomic mass is 10.2. The molecule has 1 aromatic rings. The van der Waals surface area contributed by atoms with Crippen LogP contribution in [-0.4, -0.2) is 42.6 Å². The Balaban J connectivity index is 2.53. The molecule has 0 saturated carbocycles. The number of rotatable bonds is 6. The molecule has 7 heteroatoms. The zero-order valence-electron chi connectivity index (χ0n) is 11.7. The summed E-state index contributed by atoms with van der Waals surface area (Å²) in [7, 11) is 0. The molecule has 0 fully saturated rings. The van der Waals surface area contributed by atoms with Crippen molar-refractivity contribution in [2.45, 2.75) is 13.3 Å². The van der Waals surface area contributed by atoms with Crippen molar-refractivity contribution in [1.29, 1.82) is 0 Å². The van der Waals surface area contributed by atoms with Gasteiger partial charge in [0.1, 0.15) is 0 Å². The fourth-order valence-electron chi connectivity index (χ4n) is 1.45. The van der Waals surface area contributed by atoms with Gasteiger partial charge < -0.3 is 20.5 Å². The number of benzene rings is 1. The number of ether oxygens (including phenoxy) is 1. The number of hydrogen-bond donors (Lipinski definition) is 3. The highest BCUT2D eigenvalue weighted by Crippen LogP contribution is 2.10. The van der Waals surface area contributed by atoms with Gasteiger partial charge in [0.2, 0.25) is 0 Å². The highest BCUT2D eigenvalue weighted by Gasteiger charge is 2.13. The summed E-state index contributed by atoms with van der Waals surface area (Å²) >= 11 is 0. The number of hydrogen-bond acceptors (Lipinski definition) is 5. The summed E-state index contributed by atoms with van der Waals surface area (Å²) in [4.78, 5) is 34.4. The van der Waals surface area contributed by atoms with Gasteiger partial charge in [-0.05, 0) is 37.6 Å². The molecule has 0 atom stereocenters. The second-order valence-electron chi connectivity index (χ2n) is 4.09. The van der Waals surface area contributed by atoms with Crippen molar-refractivity contribution in [2.24, 2.45) is 0 Å². The van der Waals surface area contributed by atoms with Gasteiger partial charge in [-0.1, -0.05) is 0 Å². The number of aliphatic hydroxyl groups is 1. The maximum absolute atomic E-state index is 11.6. The first-order valence-electron chi connectivity index (χ1n) is 6.55. The Morgan fingerprint density at radius 1 is 1.14 bits per heavy atom. The largest absolute Gasteiger partial charge is 0.462 e. The quantitative estimate of drug-likeness (QED) is 0.397. The highest BCUT2D eigenvalue weighted by atomic mass is 16.5. The molecule has 0 spiro atoms. The maximum Gasteiger partial charge on any atom is 0.338 e. The van der Waals surface area contributed by atoms with Crippen LogP contribution in [0.3, 0.4) is 0 Å². The topological polar surface area (TPSA) is 105 Å². The Hall–Kier alpha value is -2.41. The Morgan fingerprint density at radius 3 is 2.38 bits per heavy atom. The highest BCUT2D eigenvalue weighted by molar-refractivity contribution is 6.39. The Bertz CT molecular complexity index is 499. The third kappa shape index (κ3) is 5.62. The lowest BCUT2D eigenvalue weighted by molar-refractivity contribution is -0.136. The summed E-state index contributed by atoms with van der Waals surface area (Å²) in [6, 6.07) is 6.00. The normalized spacial score (nSPS) is 9.81. The van der Waals surface area contributed by atoms with Crippen molar-refractivity contribution in [3.63, 3.8) is 0 Å². The standard InChI is InChI=1S/C14H18N2O5/c1-2-21-14(20)10-4-6-11(7-5-10)16-13(19)12(18)15-8-3-9-17/h4-7,17H,2-3,8-9H2,1H3,(H,15,18)(H,16,19). The average molecular weight is 294 g/mol. The van der Waals surface area contributed by atoms with Crippen molar-refractivity contribution in [3.8, 4) is 0 Å². The molecule has 2 amide bonds. The SMILES string of the molecule is CCOC(=O)c1ccc(NC(=O)C(=O)NCCCO)cc1. The van der Waals surface area contributed by atoms with Crippen LogP contribution >= 0.6 is 0 Å². The third-order valence-corrected chi connectivity index (χ3v) is 2.48. The molecule has 0 saturated heterocycles. The summed E-state index contributed by atoms with van der Waals surface area (Å²) in [5.41, 5.74) is 0.757. The molecule has 0 radical (unpaired) electrons. The molecule has 1 aromatic carbocycles. The fraction of sp³-hybridized carbons (Fsp3) is 0.357. The van der Waals surface area contributed by atoms with Gasteiger partial charge in [-0.15, -0.1) is 0 Å². The average Bonchev–Trinajstić information content (AvgIpc) is 2.48. The lowest BCUT2D eigenvalue weighted by Gasteiger charge is -2.07. The number of anilines is 1. The molecule has 0 aliphatic heterocycles. The van der Waals surface area contributed by atoms with Crippen LogP contribution in [0.15, 0.2) is 24.3 Å². The summed E-state index contributed by atoms with van der Waals surface area (Å²) in [5, 5.41) is 13.3. The molecule has 0 aromatic heterocycles. The van der Waals surface area contributed by atoms with E-state index in [0.717, 1.165) is 0 Å². The van der Waals surface area contributed by atoms with E-state index in [9.17, 15) is 14.4 Å². The van der Waals surface area contributed by atoms with Crippen molar-refractivity contribution < 1.29 is 24.2 Å². The molecule has 7 nitrogen and oxygen atoms in total. The van der Waals surface area contributed by atoms with Crippen LogP contribution < -0.4 is 10.6 Å². The van der Waals surface area contributed by atoms with Crippen LogP contribution in [0, 0.1) is 0 Å². The summed E-state index contributed by atoms with van der Waals surface area (Å²) in [5.74, 6) is -2.04. The van der Waals surface area contributed by atoms with Crippen molar-refractivity contribution in [2.75, 3.05) is 25.1 Å². The molecule has 0 unspecified atom stereocenters. The Kier molecular flexibility index (Phi) is 6.90. The predicted octanol–water partition coefficient (Wildman–Crippen LogP) is 0.300. The molecule has 114 valence electrons. The number of nitrogens with one attached hydrogen (secondary N) is 2. The fourth-order valence-corrected chi connectivity index (χ4v) is 1.45. The van der Waals surface area contributed by atoms with E-state index in [1.54, 1.807) is 6.92 Å². The van der Waals surface area contributed by atoms with Crippen molar-refractivity contribution in [1.82, 2.24) is 5.32 Å². The van der Waals surface area contributed by atoms with Gasteiger partial charge in [0.25, 0.3) is 0 Å². The molecular formula is C14H18N2O5. The van der Waals surface area contributed by atoms with E-state index in [-0.39, 0.29) is 19.8 Å². The van der Waals surface area contributed by atoms with E-state index in [1.807, 2.05) is 0 Å². The number of aliphatic hydroxyl groups excluding tert-OH is 1. The van der Waals surface area contributed by atoms with Crippen LogP contribution in [0.5, 0.6) is 0 Å². The van der Waals surface area contributed by atoms with Crippen LogP contribution in [0.25, 0.3) is 0 Å². The van der Waals surface area contributed by atoms with Crippen molar-refractivity contribution >= 4 is 23.5 Å². The molecule has 3 N–H and O–H groups in total. The monoisotopic (exact) mass is 294 g/mol. The molecular weight excluding hydrogens is 276 g/mol. The van der Waals surface area contributed by atoms with Crippen LogP contribution in [0.4, 0.5) is 5.69 Å². The third-order valence-electron chi connectivity index (χ3n) is 2.48.